The molecule has 2 aromatic rings. The fourth-order valence-corrected chi connectivity index (χ4v) is 2.60. The summed E-state index contributed by atoms with van der Waals surface area (Å²) in [7, 11) is 1.85. The molecule has 1 atom stereocenters. The van der Waals surface area contributed by atoms with Gasteiger partial charge in [-0.2, -0.15) is 5.10 Å². The van der Waals surface area contributed by atoms with Crippen LogP contribution in [-0.4, -0.2) is 9.78 Å². The molecule has 0 spiro atoms. The minimum Gasteiger partial charge on any atom is -0.271 e. The number of aromatic nitrogens is 2. The second-order valence-electron chi connectivity index (χ2n) is 5.11. The van der Waals surface area contributed by atoms with Gasteiger partial charge in [-0.25, -0.2) is 9.82 Å². The molecule has 0 aliphatic rings. The van der Waals surface area contributed by atoms with E-state index in [9.17, 15) is 4.39 Å². The van der Waals surface area contributed by atoms with Gasteiger partial charge in [0.2, 0.25) is 0 Å². The lowest BCUT2D eigenvalue weighted by Crippen LogP contribution is -2.31. The van der Waals surface area contributed by atoms with Crippen LogP contribution in [-0.2, 0) is 13.5 Å². The quantitative estimate of drug-likeness (QED) is 0.665. The molecular weight excluding hydrogens is 255 g/mol. The van der Waals surface area contributed by atoms with Crippen LogP contribution in [0.1, 0.15) is 41.0 Å². The van der Waals surface area contributed by atoms with E-state index in [2.05, 4.69) is 10.5 Å². The molecule has 4 nitrogen and oxygen atoms in total. The van der Waals surface area contributed by atoms with Crippen LogP contribution in [0.4, 0.5) is 4.39 Å². The monoisotopic (exact) mass is 276 g/mol. The Kier molecular flexibility index (Phi) is 4.20. The van der Waals surface area contributed by atoms with Crippen molar-refractivity contribution in [1.82, 2.24) is 15.2 Å². The molecule has 1 heterocycles. The molecule has 0 radical (unpaired) electrons. The van der Waals surface area contributed by atoms with Gasteiger partial charge >= 0.3 is 0 Å². The average molecular weight is 276 g/mol. The molecule has 0 fully saturated rings. The van der Waals surface area contributed by atoms with E-state index in [-0.39, 0.29) is 5.82 Å². The van der Waals surface area contributed by atoms with Gasteiger partial charge < -0.3 is 0 Å². The van der Waals surface area contributed by atoms with E-state index in [0.29, 0.717) is 5.56 Å². The SMILES string of the molecule is CCc1cc(C(NN)c2c(C)cc(C)cc2F)n(C)n1. The Balaban J connectivity index is 2.55. The molecule has 2 rings (SSSR count). The second-order valence-corrected chi connectivity index (χ2v) is 5.11. The molecule has 1 aromatic heterocycles. The van der Waals surface area contributed by atoms with Crippen molar-refractivity contribution in [2.75, 3.05) is 0 Å². The molecule has 3 N–H and O–H groups in total. The van der Waals surface area contributed by atoms with E-state index in [4.69, 9.17) is 5.84 Å². The summed E-state index contributed by atoms with van der Waals surface area (Å²) in [5.74, 6) is 5.43. The van der Waals surface area contributed by atoms with Gasteiger partial charge in [0, 0.05) is 12.6 Å². The van der Waals surface area contributed by atoms with Crippen LogP contribution in [0, 0.1) is 19.7 Å². The highest BCUT2D eigenvalue weighted by molar-refractivity contribution is 5.38. The number of halogens is 1. The highest BCUT2D eigenvalue weighted by Gasteiger charge is 2.22. The third-order valence-corrected chi connectivity index (χ3v) is 3.56. The summed E-state index contributed by atoms with van der Waals surface area (Å²) >= 11 is 0. The topological polar surface area (TPSA) is 55.9 Å². The van der Waals surface area contributed by atoms with Gasteiger partial charge in [0.05, 0.1) is 17.4 Å². The third kappa shape index (κ3) is 2.59. The number of nitrogens with one attached hydrogen (secondary N) is 1. The van der Waals surface area contributed by atoms with Gasteiger partial charge in [-0.3, -0.25) is 10.5 Å². The van der Waals surface area contributed by atoms with Crippen LogP contribution < -0.4 is 11.3 Å². The van der Waals surface area contributed by atoms with Crippen LogP contribution in [0.2, 0.25) is 0 Å². The zero-order valence-electron chi connectivity index (χ0n) is 12.4. The Bertz CT molecular complexity index is 595. The van der Waals surface area contributed by atoms with Crippen molar-refractivity contribution in [3.05, 3.63) is 52.1 Å². The molecule has 1 aromatic carbocycles. The molecule has 0 bridgehead atoms. The van der Waals surface area contributed by atoms with Gasteiger partial charge in [0.15, 0.2) is 0 Å². The van der Waals surface area contributed by atoms with Gasteiger partial charge in [0.1, 0.15) is 5.82 Å². The maximum atomic E-state index is 14.3. The first kappa shape index (κ1) is 14.7. The van der Waals surface area contributed by atoms with E-state index in [1.165, 1.54) is 6.07 Å². The van der Waals surface area contributed by atoms with E-state index >= 15 is 0 Å². The number of hydrogen-bond donors (Lipinski definition) is 2. The number of aryl methyl sites for hydroxylation is 4. The highest BCUT2D eigenvalue weighted by Crippen LogP contribution is 2.28. The zero-order chi connectivity index (χ0) is 14.9. The maximum absolute atomic E-state index is 14.3. The standard InChI is InChI=1S/C15H21FN4/c1-5-11-8-13(20(4)19-11)15(18-17)14-10(3)6-9(2)7-12(14)16/h6-8,15,18H,5,17H2,1-4H3. The van der Waals surface area contributed by atoms with E-state index < -0.39 is 6.04 Å². The van der Waals surface area contributed by atoms with Crippen molar-refractivity contribution in [3.8, 4) is 0 Å². The molecule has 0 amide bonds. The number of rotatable bonds is 4. The third-order valence-electron chi connectivity index (χ3n) is 3.56. The molecule has 5 heteroatoms. The minimum atomic E-state index is -0.409. The number of hydrogen-bond acceptors (Lipinski definition) is 3. The maximum Gasteiger partial charge on any atom is 0.128 e. The smallest absolute Gasteiger partial charge is 0.128 e. The number of nitrogens with zero attached hydrogens (tertiary/aromatic N) is 2. The highest BCUT2D eigenvalue weighted by atomic mass is 19.1. The van der Waals surface area contributed by atoms with Gasteiger partial charge in [0.25, 0.3) is 0 Å². The summed E-state index contributed by atoms with van der Waals surface area (Å²) < 4.78 is 16.1. The van der Waals surface area contributed by atoms with Crippen molar-refractivity contribution >= 4 is 0 Å². The van der Waals surface area contributed by atoms with Crippen LogP contribution >= 0.6 is 0 Å². The molecule has 20 heavy (non-hydrogen) atoms. The number of hydrazine groups is 1. The van der Waals surface area contributed by atoms with Crippen LogP contribution in [0.5, 0.6) is 0 Å². The first-order chi connectivity index (χ1) is 9.47. The van der Waals surface area contributed by atoms with Gasteiger partial charge in [-0.15, -0.1) is 0 Å². The summed E-state index contributed by atoms with van der Waals surface area (Å²) in [6.45, 7) is 5.81. The molecule has 0 saturated heterocycles. The zero-order valence-corrected chi connectivity index (χ0v) is 12.4. The summed E-state index contributed by atoms with van der Waals surface area (Å²) in [4.78, 5) is 0. The molecule has 108 valence electrons. The largest absolute Gasteiger partial charge is 0.271 e. The van der Waals surface area contributed by atoms with Gasteiger partial charge in [-0.1, -0.05) is 13.0 Å². The summed E-state index contributed by atoms with van der Waals surface area (Å²) in [5, 5.41) is 4.40. The Morgan fingerprint density at radius 1 is 1.35 bits per heavy atom. The molecular formula is C15H21FN4. The van der Waals surface area contributed by atoms with E-state index in [1.807, 2.05) is 40.0 Å². The summed E-state index contributed by atoms with van der Waals surface area (Å²) in [6.07, 6.45) is 0.834. The van der Waals surface area contributed by atoms with Crippen LogP contribution in [0.3, 0.4) is 0 Å². The van der Waals surface area contributed by atoms with E-state index in [1.54, 1.807) is 4.68 Å². The predicted molar refractivity (Wildman–Crippen MR) is 77.6 cm³/mol. The lowest BCUT2D eigenvalue weighted by Gasteiger charge is -2.20. The van der Waals surface area contributed by atoms with Crippen LogP contribution in [0.15, 0.2) is 18.2 Å². The number of nitrogens with two attached hydrogens (primary N) is 1. The fourth-order valence-electron chi connectivity index (χ4n) is 2.60. The van der Waals surface area contributed by atoms with Crippen LogP contribution in [0.25, 0.3) is 0 Å². The average Bonchev–Trinajstić information content (AvgIpc) is 2.75. The van der Waals surface area contributed by atoms with E-state index in [0.717, 1.165) is 28.9 Å². The predicted octanol–water partition coefficient (Wildman–Crippen LogP) is 2.29. The molecule has 1 unspecified atom stereocenters. The second kappa shape index (κ2) is 5.73. The Hall–Kier alpha value is -1.72. The van der Waals surface area contributed by atoms with Crippen molar-refractivity contribution in [2.45, 2.75) is 33.2 Å². The van der Waals surface area contributed by atoms with Gasteiger partial charge in [-0.05, 0) is 43.5 Å². The Morgan fingerprint density at radius 2 is 2.05 bits per heavy atom. The number of benzene rings is 1. The van der Waals surface area contributed by atoms with Crippen molar-refractivity contribution in [2.24, 2.45) is 12.9 Å². The fraction of sp³-hybridized carbons (Fsp3) is 0.400. The first-order valence-electron chi connectivity index (χ1n) is 6.73. The summed E-state index contributed by atoms with van der Waals surface area (Å²) in [5.41, 5.74) is 6.89. The Labute approximate surface area is 118 Å². The summed E-state index contributed by atoms with van der Waals surface area (Å²) in [6, 6.07) is 5.04. The minimum absolute atomic E-state index is 0.246. The van der Waals surface area contributed by atoms with Crippen molar-refractivity contribution < 1.29 is 4.39 Å². The molecule has 0 aliphatic carbocycles. The lowest BCUT2D eigenvalue weighted by atomic mass is 9.96. The first-order valence-corrected chi connectivity index (χ1v) is 6.73. The lowest BCUT2D eigenvalue weighted by molar-refractivity contribution is 0.529. The van der Waals surface area contributed by atoms with Crippen molar-refractivity contribution in [3.63, 3.8) is 0 Å². The molecule has 0 aliphatic heterocycles. The molecule has 0 saturated carbocycles. The Morgan fingerprint density at radius 3 is 2.55 bits per heavy atom. The van der Waals surface area contributed by atoms with Crippen molar-refractivity contribution in [1.29, 1.82) is 0 Å². The normalized spacial score (nSPS) is 12.7.